The summed E-state index contributed by atoms with van der Waals surface area (Å²) in [6, 6.07) is 77.8. The summed E-state index contributed by atoms with van der Waals surface area (Å²) in [7, 11) is 0. The quantitative estimate of drug-likeness (QED) is 0.163. The Morgan fingerprint density at radius 1 is 0.317 bits per heavy atom. The predicted molar refractivity (Wildman–Crippen MR) is 263 cm³/mol. The van der Waals surface area contributed by atoms with Gasteiger partial charge in [-0.1, -0.05) is 176 Å². The van der Waals surface area contributed by atoms with E-state index in [0.717, 1.165) is 83.3 Å². The molecule has 0 aliphatic heterocycles. The smallest absolute Gasteiger partial charge is 0.0972 e. The van der Waals surface area contributed by atoms with Gasteiger partial charge < -0.3 is 4.57 Å². The van der Waals surface area contributed by atoms with E-state index in [1.807, 2.05) is 6.07 Å². The molecule has 0 saturated heterocycles. The van der Waals surface area contributed by atoms with Crippen LogP contribution in [0.1, 0.15) is 0 Å². The lowest BCUT2D eigenvalue weighted by Crippen LogP contribution is -1.95. The molecule has 13 aromatic rings. The van der Waals surface area contributed by atoms with Gasteiger partial charge in [-0.2, -0.15) is 0 Å². The van der Waals surface area contributed by atoms with E-state index in [-0.39, 0.29) is 0 Å². The van der Waals surface area contributed by atoms with Crippen molar-refractivity contribution in [2.24, 2.45) is 0 Å². The molecule has 0 fully saturated rings. The Labute approximate surface area is 363 Å². The molecular weight excluding hydrogens is 765 g/mol. The standard InChI is InChI=1S/C59H36N4/c1-4-14-38(15-5-1)49-33-30-41-28-29-42-31-34-50(61-59(42)58(41)60-49)39-26-24-37(25-27-39)48-36-51-54(45-21-11-10-20-44(45)48)56-47(57(62-51)40-16-6-2-7-17-40)32-35-53-55(56)46-22-12-13-23-52(46)63(53)43-18-8-3-9-19-43/h1-36H. The molecule has 0 bridgehead atoms. The fourth-order valence-electron chi connectivity index (χ4n) is 9.84. The van der Waals surface area contributed by atoms with Crippen LogP contribution in [0.4, 0.5) is 0 Å². The molecule has 4 heterocycles. The number of hydrogen-bond acceptors (Lipinski definition) is 3. The summed E-state index contributed by atoms with van der Waals surface area (Å²) in [5.74, 6) is 0. The van der Waals surface area contributed by atoms with Crippen molar-refractivity contribution in [2.45, 2.75) is 0 Å². The number of rotatable bonds is 5. The van der Waals surface area contributed by atoms with Gasteiger partial charge in [-0.25, -0.2) is 15.0 Å². The molecule has 0 radical (unpaired) electrons. The molecule has 292 valence electrons. The zero-order valence-corrected chi connectivity index (χ0v) is 34.1. The Balaban J connectivity index is 1.02. The van der Waals surface area contributed by atoms with Crippen LogP contribution in [-0.4, -0.2) is 19.5 Å². The highest BCUT2D eigenvalue weighted by molar-refractivity contribution is 6.34. The molecule has 0 aliphatic carbocycles. The lowest BCUT2D eigenvalue weighted by Gasteiger charge is -2.17. The summed E-state index contributed by atoms with van der Waals surface area (Å²) in [4.78, 5) is 16.0. The van der Waals surface area contributed by atoms with Gasteiger partial charge in [0.05, 0.1) is 44.7 Å². The van der Waals surface area contributed by atoms with Gasteiger partial charge in [0.1, 0.15) is 0 Å². The molecule has 0 aliphatic rings. The van der Waals surface area contributed by atoms with Crippen LogP contribution >= 0.6 is 0 Å². The van der Waals surface area contributed by atoms with E-state index in [1.165, 1.54) is 43.4 Å². The van der Waals surface area contributed by atoms with Crippen LogP contribution in [0.3, 0.4) is 0 Å². The van der Waals surface area contributed by atoms with Crippen LogP contribution in [0.15, 0.2) is 218 Å². The fourth-order valence-corrected chi connectivity index (χ4v) is 9.84. The predicted octanol–water partition coefficient (Wildman–Crippen LogP) is 15.4. The highest BCUT2D eigenvalue weighted by atomic mass is 15.0. The average molecular weight is 801 g/mol. The van der Waals surface area contributed by atoms with Gasteiger partial charge in [0.25, 0.3) is 0 Å². The van der Waals surface area contributed by atoms with Crippen LogP contribution < -0.4 is 0 Å². The maximum atomic E-state index is 5.58. The van der Waals surface area contributed by atoms with E-state index in [1.54, 1.807) is 0 Å². The van der Waals surface area contributed by atoms with Gasteiger partial charge in [0.2, 0.25) is 0 Å². The molecule has 0 spiro atoms. The summed E-state index contributed by atoms with van der Waals surface area (Å²) in [5.41, 5.74) is 14.6. The third-order valence-electron chi connectivity index (χ3n) is 12.7. The van der Waals surface area contributed by atoms with Crippen LogP contribution in [-0.2, 0) is 0 Å². The lowest BCUT2D eigenvalue weighted by molar-refractivity contribution is 1.18. The Kier molecular flexibility index (Phi) is 7.87. The number of aromatic nitrogens is 4. The van der Waals surface area contributed by atoms with Gasteiger partial charge in [0, 0.05) is 60.1 Å². The molecular formula is C59H36N4. The molecule has 13 rings (SSSR count). The Morgan fingerprint density at radius 3 is 1.54 bits per heavy atom. The number of benzene rings is 9. The zero-order chi connectivity index (χ0) is 41.4. The summed E-state index contributed by atoms with van der Waals surface area (Å²) in [6.07, 6.45) is 0. The summed E-state index contributed by atoms with van der Waals surface area (Å²) in [6.45, 7) is 0. The van der Waals surface area contributed by atoms with Crippen molar-refractivity contribution in [2.75, 3.05) is 0 Å². The molecule has 0 atom stereocenters. The highest BCUT2D eigenvalue weighted by Gasteiger charge is 2.22. The average Bonchev–Trinajstić information content (AvgIpc) is 3.71. The number of nitrogens with zero attached hydrogens (tertiary/aromatic N) is 4. The SMILES string of the molecule is c1ccc(-c2ccc3ccc4ccc(-c5ccc(-c6cc7nc(-c8ccccc8)c8ccc9c(c%10ccccc%10n9-c9ccccc9)c8c7c7ccccc67)cc5)nc4c3n2)cc1. The van der Waals surface area contributed by atoms with E-state index in [9.17, 15) is 0 Å². The molecule has 4 heteroatoms. The molecule has 0 amide bonds. The van der Waals surface area contributed by atoms with Crippen LogP contribution in [0, 0.1) is 0 Å². The normalized spacial score (nSPS) is 11.8. The van der Waals surface area contributed by atoms with Gasteiger partial charge in [0.15, 0.2) is 0 Å². The largest absolute Gasteiger partial charge is 0.309 e. The lowest BCUT2D eigenvalue weighted by atomic mass is 9.90. The second-order valence-electron chi connectivity index (χ2n) is 16.3. The molecule has 0 unspecified atom stereocenters. The van der Waals surface area contributed by atoms with Crippen molar-refractivity contribution in [1.82, 2.24) is 19.5 Å². The van der Waals surface area contributed by atoms with Crippen molar-refractivity contribution in [3.8, 4) is 50.6 Å². The minimum absolute atomic E-state index is 0.904. The van der Waals surface area contributed by atoms with Crippen LogP contribution in [0.5, 0.6) is 0 Å². The monoisotopic (exact) mass is 800 g/mol. The second-order valence-corrected chi connectivity index (χ2v) is 16.3. The third-order valence-corrected chi connectivity index (χ3v) is 12.7. The summed E-state index contributed by atoms with van der Waals surface area (Å²) >= 11 is 0. The van der Waals surface area contributed by atoms with Gasteiger partial charge >= 0.3 is 0 Å². The second kappa shape index (κ2) is 14.1. The van der Waals surface area contributed by atoms with E-state index < -0.39 is 0 Å². The molecule has 4 nitrogen and oxygen atoms in total. The fraction of sp³-hybridized carbons (Fsp3) is 0. The summed E-state index contributed by atoms with van der Waals surface area (Å²) < 4.78 is 2.40. The van der Waals surface area contributed by atoms with Crippen LogP contribution in [0.2, 0.25) is 0 Å². The van der Waals surface area contributed by atoms with Crippen molar-refractivity contribution < 1.29 is 0 Å². The first kappa shape index (κ1) is 35.3. The molecule has 0 N–H and O–H groups in total. The zero-order valence-electron chi connectivity index (χ0n) is 34.1. The third kappa shape index (κ3) is 5.59. The van der Waals surface area contributed by atoms with Crippen LogP contribution in [0.25, 0.3) is 127 Å². The Hall–Kier alpha value is -8.47. The topological polar surface area (TPSA) is 43.6 Å². The first-order chi connectivity index (χ1) is 31.2. The Morgan fingerprint density at radius 2 is 0.857 bits per heavy atom. The number of hydrogen-bond donors (Lipinski definition) is 0. The Bertz CT molecular complexity index is 3930. The molecule has 0 saturated carbocycles. The summed E-state index contributed by atoms with van der Waals surface area (Å²) in [5, 5.41) is 10.5. The minimum Gasteiger partial charge on any atom is -0.309 e. The highest BCUT2D eigenvalue weighted by Crippen LogP contribution is 2.46. The number of para-hydroxylation sites is 2. The molecule has 9 aromatic carbocycles. The van der Waals surface area contributed by atoms with Crippen molar-refractivity contribution in [3.63, 3.8) is 0 Å². The van der Waals surface area contributed by atoms with Gasteiger partial charge in [-0.05, 0) is 64.4 Å². The van der Waals surface area contributed by atoms with Gasteiger partial charge in [-0.15, -0.1) is 0 Å². The molecule has 4 aromatic heterocycles. The van der Waals surface area contributed by atoms with Crippen molar-refractivity contribution in [3.05, 3.63) is 218 Å². The van der Waals surface area contributed by atoms with E-state index in [2.05, 4.69) is 217 Å². The van der Waals surface area contributed by atoms with E-state index in [0.29, 0.717) is 0 Å². The first-order valence-electron chi connectivity index (χ1n) is 21.4. The van der Waals surface area contributed by atoms with Crippen molar-refractivity contribution in [1.29, 1.82) is 0 Å². The number of pyridine rings is 3. The van der Waals surface area contributed by atoms with Crippen molar-refractivity contribution >= 4 is 76.1 Å². The van der Waals surface area contributed by atoms with E-state index in [4.69, 9.17) is 15.0 Å². The maximum Gasteiger partial charge on any atom is 0.0972 e. The maximum absolute atomic E-state index is 5.58. The number of fused-ring (bicyclic) bond motifs is 12. The first-order valence-corrected chi connectivity index (χ1v) is 21.4. The van der Waals surface area contributed by atoms with E-state index >= 15 is 0 Å². The minimum atomic E-state index is 0.904. The van der Waals surface area contributed by atoms with Gasteiger partial charge in [-0.3, -0.25) is 0 Å². The molecule has 63 heavy (non-hydrogen) atoms.